The van der Waals surface area contributed by atoms with E-state index in [0.717, 1.165) is 18.4 Å². The van der Waals surface area contributed by atoms with Crippen molar-refractivity contribution in [2.45, 2.75) is 12.8 Å². The predicted octanol–water partition coefficient (Wildman–Crippen LogP) is 3.31. The third-order valence-corrected chi connectivity index (χ3v) is 2.74. The van der Waals surface area contributed by atoms with Gasteiger partial charge in [0, 0.05) is 19.1 Å². The molecule has 0 atom stereocenters. The van der Waals surface area contributed by atoms with Gasteiger partial charge < -0.3 is 4.84 Å². The fourth-order valence-electron chi connectivity index (χ4n) is 1.80. The molecule has 3 nitrogen and oxygen atoms in total. The maximum Gasteiger partial charge on any atom is 0.117 e. The van der Waals surface area contributed by atoms with Crippen molar-refractivity contribution in [2.75, 3.05) is 6.61 Å². The van der Waals surface area contributed by atoms with Gasteiger partial charge in [0.1, 0.15) is 6.61 Å². The molecule has 0 aliphatic heterocycles. The molecule has 0 radical (unpaired) electrons. The summed E-state index contributed by atoms with van der Waals surface area (Å²) in [4.78, 5) is 8.97. The Bertz CT molecular complexity index is 480. The van der Waals surface area contributed by atoms with Crippen LogP contribution in [0.1, 0.15) is 12.0 Å². The van der Waals surface area contributed by atoms with E-state index < -0.39 is 0 Å². The second-order valence-corrected chi connectivity index (χ2v) is 4.00. The first-order valence-electron chi connectivity index (χ1n) is 5.97. The lowest BCUT2D eigenvalue weighted by Gasteiger charge is -2.04. The van der Waals surface area contributed by atoms with E-state index in [9.17, 15) is 0 Å². The molecular formula is C15H16N2O. The van der Waals surface area contributed by atoms with Gasteiger partial charge in [-0.15, -0.1) is 5.16 Å². The van der Waals surface area contributed by atoms with E-state index >= 15 is 0 Å². The third-order valence-electron chi connectivity index (χ3n) is 2.74. The first kappa shape index (κ1) is 12.3. The van der Waals surface area contributed by atoms with Crippen LogP contribution in [0.4, 0.5) is 0 Å². The van der Waals surface area contributed by atoms with Gasteiger partial charge in [-0.1, -0.05) is 30.3 Å². The third kappa shape index (κ3) is 3.42. The molecule has 0 spiro atoms. The topological polar surface area (TPSA) is 34.5 Å². The van der Waals surface area contributed by atoms with Crippen molar-refractivity contribution in [1.29, 1.82) is 0 Å². The number of hydrogen-bond acceptors (Lipinski definition) is 3. The maximum atomic E-state index is 4.85. The zero-order valence-corrected chi connectivity index (χ0v) is 10.2. The van der Waals surface area contributed by atoms with Gasteiger partial charge in [0.25, 0.3) is 0 Å². The van der Waals surface area contributed by atoms with Crippen LogP contribution in [0.25, 0.3) is 11.1 Å². The molecule has 0 bridgehead atoms. The summed E-state index contributed by atoms with van der Waals surface area (Å²) in [6.45, 7) is 3.89. The molecule has 1 aromatic heterocycles. The SMILES string of the molecule is C=NOCCCc1ccc(-c2cccnc2)cc1. The van der Waals surface area contributed by atoms with E-state index in [2.05, 4.69) is 47.2 Å². The largest absolute Gasteiger partial charge is 0.396 e. The second-order valence-electron chi connectivity index (χ2n) is 4.00. The number of benzene rings is 1. The molecule has 2 aromatic rings. The molecule has 0 amide bonds. The molecule has 0 fully saturated rings. The molecule has 0 saturated heterocycles. The molecule has 92 valence electrons. The van der Waals surface area contributed by atoms with Crippen LogP contribution >= 0.6 is 0 Å². The minimum atomic E-state index is 0.619. The fraction of sp³-hybridized carbons (Fsp3) is 0.200. The van der Waals surface area contributed by atoms with Crippen LogP contribution < -0.4 is 0 Å². The molecule has 3 heteroatoms. The van der Waals surface area contributed by atoms with Crippen molar-refractivity contribution >= 4 is 6.72 Å². The van der Waals surface area contributed by atoms with Gasteiger partial charge in [0.15, 0.2) is 0 Å². The fourth-order valence-corrected chi connectivity index (χ4v) is 1.80. The number of rotatable bonds is 6. The highest BCUT2D eigenvalue weighted by molar-refractivity contribution is 5.62. The monoisotopic (exact) mass is 240 g/mol. The lowest BCUT2D eigenvalue weighted by molar-refractivity contribution is 0.144. The van der Waals surface area contributed by atoms with E-state index in [1.165, 1.54) is 11.1 Å². The van der Waals surface area contributed by atoms with E-state index in [-0.39, 0.29) is 0 Å². The Kier molecular flexibility index (Phi) is 4.47. The van der Waals surface area contributed by atoms with Gasteiger partial charge in [-0.05, 0) is 35.6 Å². The zero-order valence-electron chi connectivity index (χ0n) is 10.2. The summed E-state index contributed by atoms with van der Waals surface area (Å²) in [6.07, 6.45) is 5.60. The van der Waals surface area contributed by atoms with Gasteiger partial charge in [-0.3, -0.25) is 4.98 Å². The molecule has 1 aromatic carbocycles. The number of aromatic nitrogens is 1. The molecule has 0 saturated carbocycles. The first-order valence-corrected chi connectivity index (χ1v) is 5.97. The highest BCUT2D eigenvalue weighted by atomic mass is 16.6. The van der Waals surface area contributed by atoms with Gasteiger partial charge in [-0.2, -0.15) is 0 Å². The van der Waals surface area contributed by atoms with Crippen LogP contribution in [0, 0.1) is 0 Å². The molecule has 2 rings (SSSR count). The van der Waals surface area contributed by atoms with Crippen LogP contribution in [0.3, 0.4) is 0 Å². The minimum absolute atomic E-state index is 0.619. The maximum absolute atomic E-state index is 4.85. The smallest absolute Gasteiger partial charge is 0.117 e. The molecule has 0 N–H and O–H groups in total. The summed E-state index contributed by atoms with van der Waals surface area (Å²) >= 11 is 0. The number of hydrogen-bond donors (Lipinski definition) is 0. The standard InChI is InChI=1S/C15H16N2O/c1-16-18-11-3-4-13-6-8-14(9-7-13)15-5-2-10-17-12-15/h2,5-10,12H,1,3-4,11H2. The van der Waals surface area contributed by atoms with E-state index in [0.29, 0.717) is 6.61 Å². The normalized spacial score (nSPS) is 10.0. The zero-order chi connectivity index (χ0) is 12.6. The van der Waals surface area contributed by atoms with Crippen molar-refractivity contribution in [3.63, 3.8) is 0 Å². The average molecular weight is 240 g/mol. The Morgan fingerprint density at radius 1 is 1.11 bits per heavy atom. The summed E-state index contributed by atoms with van der Waals surface area (Å²) in [6, 6.07) is 12.5. The Morgan fingerprint density at radius 2 is 1.94 bits per heavy atom. The van der Waals surface area contributed by atoms with Crippen molar-refractivity contribution in [1.82, 2.24) is 4.98 Å². The number of oxime groups is 1. The predicted molar refractivity (Wildman–Crippen MR) is 73.5 cm³/mol. The molecule has 18 heavy (non-hydrogen) atoms. The summed E-state index contributed by atoms with van der Waals surface area (Å²) in [5.74, 6) is 0. The summed E-state index contributed by atoms with van der Waals surface area (Å²) < 4.78 is 0. The van der Waals surface area contributed by atoms with E-state index in [1.54, 1.807) is 6.20 Å². The first-order chi connectivity index (χ1) is 8.90. The Balaban J connectivity index is 1.95. The molecular weight excluding hydrogens is 224 g/mol. The Hall–Kier alpha value is -2.16. The summed E-state index contributed by atoms with van der Waals surface area (Å²) in [7, 11) is 0. The van der Waals surface area contributed by atoms with Gasteiger partial charge in [0.2, 0.25) is 0 Å². The second kappa shape index (κ2) is 6.55. The van der Waals surface area contributed by atoms with Crippen molar-refractivity contribution in [3.05, 3.63) is 54.4 Å². The van der Waals surface area contributed by atoms with Crippen LogP contribution in [-0.4, -0.2) is 18.3 Å². The highest BCUT2D eigenvalue weighted by Crippen LogP contribution is 2.18. The lowest BCUT2D eigenvalue weighted by atomic mass is 10.0. The molecule has 0 unspecified atom stereocenters. The Labute approximate surface area is 107 Å². The van der Waals surface area contributed by atoms with Gasteiger partial charge >= 0.3 is 0 Å². The van der Waals surface area contributed by atoms with Crippen molar-refractivity contribution < 1.29 is 4.84 Å². The summed E-state index contributed by atoms with van der Waals surface area (Å²) in [5.41, 5.74) is 3.63. The average Bonchev–Trinajstić information content (AvgIpc) is 2.45. The molecule has 1 heterocycles. The Morgan fingerprint density at radius 3 is 2.61 bits per heavy atom. The van der Waals surface area contributed by atoms with Crippen molar-refractivity contribution in [2.24, 2.45) is 5.16 Å². The van der Waals surface area contributed by atoms with Crippen LogP contribution in [0.5, 0.6) is 0 Å². The number of pyridine rings is 1. The van der Waals surface area contributed by atoms with Crippen LogP contribution in [0.15, 0.2) is 53.9 Å². The van der Waals surface area contributed by atoms with Gasteiger partial charge in [0.05, 0.1) is 0 Å². The van der Waals surface area contributed by atoms with Crippen LogP contribution in [-0.2, 0) is 11.3 Å². The highest BCUT2D eigenvalue weighted by Gasteiger charge is 1.98. The summed E-state index contributed by atoms with van der Waals surface area (Å²) in [5, 5.41) is 3.36. The number of aryl methyl sites for hydroxylation is 1. The van der Waals surface area contributed by atoms with E-state index in [4.69, 9.17) is 4.84 Å². The van der Waals surface area contributed by atoms with E-state index in [1.807, 2.05) is 12.3 Å². The quantitative estimate of drug-likeness (QED) is 0.441. The number of nitrogens with zero attached hydrogens (tertiary/aromatic N) is 2. The molecule has 0 aliphatic carbocycles. The van der Waals surface area contributed by atoms with Gasteiger partial charge in [-0.25, -0.2) is 0 Å². The van der Waals surface area contributed by atoms with Crippen LogP contribution in [0.2, 0.25) is 0 Å². The molecule has 0 aliphatic rings. The lowest BCUT2D eigenvalue weighted by Crippen LogP contribution is -1.92. The van der Waals surface area contributed by atoms with Crippen molar-refractivity contribution in [3.8, 4) is 11.1 Å². The minimum Gasteiger partial charge on any atom is -0.396 e.